The summed E-state index contributed by atoms with van der Waals surface area (Å²) >= 11 is 0. The molecule has 0 aliphatic carbocycles. The Bertz CT molecular complexity index is 88.4. The summed E-state index contributed by atoms with van der Waals surface area (Å²) in [6.45, 7) is 2.81. The van der Waals surface area contributed by atoms with E-state index in [1.807, 2.05) is 0 Å². The van der Waals surface area contributed by atoms with Crippen LogP contribution in [-0.2, 0) is 9.59 Å². The Kier molecular flexibility index (Phi) is 15.8. The second-order valence-corrected chi connectivity index (χ2v) is 1.58. The van der Waals surface area contributed by atoms with E-state index >= 15 is 0 Å². The van der Waals surface area contributed by atoms with E-state index in [-0.39, 0.29) is 65.2 Å². The van der Waals surface area contributed by atoms with Gasteiger partial charge in [-0.3, -0.25) is 9.59 Å². The van der Waals surface area contributed by atoms with E-state index in [1.54, 1.807) is 0 Å². The Morgan fingerprint density at radius 3 is 1.33 bits per heavy atom. The number of hydrogen-bond donors (Lipinski definition) is 0. The van der Waals surface area contributed by atoms with Gasteiger partial charge in [-0.1, -0.05) is 0 Å². The van der Waals surface area contributed by atoms with Gasteiger partial charge in [-0.2, -0.15) is 0 Å². The van der Waals surface area contributed by atoms with Crippen molar-refractivity contribution in [1.29, 1.82) is 0 Å². The molecule has 0 aromatic rings. The van der Waals surface area contributed by atoms with E-state index in [9.17, 15) is 9.59 Å². The van der Waals surface area contributed by atoms with E-state index in [2.05, 4.69) is 0 Å². The van der Waals surface area contributed by atoms with E-state index < -0.39 is 0 Å². The van der Waals surface area contributed by atoms with Gasteiger partial charge in [0.25, 0.3) is 0 Å². The smallest absolute Gasteiger partial charge is 0.137 e. The molecule has 3 nitrogen and oxygen atoms in total. The molecule has 0 saturated carbocycles. The zero-order valence-electron chi connectivity index (χ0n) is 5.52. The third kappa shape index (κ3) is 17.7. The van der Waals surface area contributed by atoms with Gasteiger partial charge in [0.15, 0.2) is 0 Å². The van der Waals surface area contributed by atoms with Crippen LogP contribution in [0, 0.1) is 41.7 Å². The van der Waals surface area contributed by atoms with Crippen LogP contribution in [0.1, 0.15) is 20.3 Å². The second kappa shape index (κ2) is 8.68. The average molecular weight is 258 g/mol. The molecule has 0 amide bonds. The van der Waals surface area contributed by atoms with Crippen LogP contribution in [0.25, 0.3) is 0 Å². The first-order valence-corrected chi connectivity index (χ1v) is 2.12. The van der Waals surface area contributed by atoms with Crippen LogP contribution in [0.2, 0.25) is 0 Å². The monoisotopic (exact) mass is 258 g/mol. The molecular weight excluding hydrogens is 248 g/mol. The van der Waals surface area contributed by atoms with Gasteiger partial charge in [0.1, 0.15) is 11.6 Å². The number of rotatable bonds is 2. The van der Waals surface area contributed by atoms with Crippen molar-refractivity contribution in [3.8, 4) is 0 Å². The van der Waals surface area contributed by atoms with Crippen LogP contribution in [0.3, 0.4) is 0 Å². The van der Waals surface area contributed by atoms with Gasteiger partial charge in [0.05, 0.1) is 6.42 Å². The van der Waals surface area contributed by atoms with Crippen LogP contribution in [-0.4, -0.2) is 17.0 Å². The van der Waals surface area contributed by atoms with Crippen LogP contribution >= 0.6 is 0 Å². The maximum Gasteiger partial charge on any atom is 0.137 e. The van der Waals surface area contributed by atoms with Crippen molar-refractivity contribution < 1.29 is 56.8 Å². The fraction of sp³-hybridized carbons (Fsp3) is 0.600. The molecule has 0 saturated heterocycles. The molecule has 0 aromatic carbocycles. The van der Waals surface area contributed by atoms with Crippen LogP contribution < -0.4 is 0 Å². The molecule has 0 fully saturated rings. The Labute approximate surface area is 87.9 Å². The number of Topliss-reactive ketones (excluding diaryl/α,β-unsaturated/α-hetero) is 2. The molecule has 2 N–H and O–H groups in total. The molecule has 0 unspecified atom stereocenters. The van der Waals surface area contributed by atoms with Crippen molar-refractivity contribution in [2.24, 2.45) is 0 Å². The molecule has 0 aliphatic rings. The van der Waals surface area contributed by atoms with Crippen molar-refractivity contribution in [2.45, 2.75) is 20.3 Å². The Balaban J connectivity index is -0.000000180. The third-order valence-electron chi connectivity index (χ3n) is 0.498. The summed E-state index contributed by atoms with van der Waals surface area (Å²) in [5.41, 5.74) is 0. The molecule has 0 aromatic heterocycles. The van der Waals surface area contributed by atoms with Gasteiger partial charge >= 0.3 is 0 Å². The first-order chi connectivity index (χ1) is 3.13. The molecule has 4 heteroatoms. The van der Waals surface area contributed by atoms with E-state index in [0.717, 1.165) is 0 Å². The minimum atomic E-state index is -0.0625. The number of carbonyl (C=O) groups excluding carboxylic acids is 2. The van der Waals surface area contributed by atoms with E-state index in [1.165, 1.54) is 13.8 Å². The molecule has 0 spiro atoms. The van der Waals surface area contributed by atoms with Crippen molar-refractivity contribution in [2.75, 3.05) is 0 Å². The van der Waals surface area contributed by atoms with E-state index in [0.29, 0.717) is 0 Å². The molecule has 0 aliphatic heterocycles. The molecule has 0 atom stereocenters. The predicted molar refractivity (Wildman–Crippen MR) is 29.6 cm³/mol. The number of ketones is 2. The summed E-state index contributed by atoms with van der Waals surface area (Å²) in [6, 6.07) is 0. The Hall–Kier alpha value is 0.677. The zero-order valence-corrected chi connectivity index (χ0v) is 8.66. The summed E-state index contributed by atoms with van der Waals surface area (Å²) < 4.78 is 0. The fourth-order valence-electron chi connectivity index (χ4n) is 0.351. The maximum atomic E-state index is 10.0. The maximum absolute atomic E-state index is 10.0. The van der Waals surface area contributed by atoms with Gasteiger partial charge in [0.2, 0.25) is 0 Å². The van der Waals surface area contributed by atoms with Gasteiger partial charge in [0, 0.05) is 41.7 Å². The molecule has 0 radical (unpaired) electrons. The quantitative estimate of drug-likeness (QED) is 0.640. The van der Waals surface area contributed by atoms with Crippen molar-refractivity contribution in [3.63, 3.8) is 0 Å². The topological polar surface area (TPSA) is 65.6 Å². The average Bonchev–Trinajstić information content (AvgIpc) is 1.27. The van der Waals surface area contributed by atoms with Crippen LogP contribution in [0.4, 0.5) is 0 Å². The van der Waals surface area contributed by atoms with Crippen molar-refractivity contribution in [1.82, 2.24) is 0 Å². The third-order valence-corrected chi connectivity index (χ3v) is 0.498. The SMILES string of the molecule is CC(=O)CC(C)=O.O.[Ce]. The normalized spacial score (nSPS) is 6.44. The fourth-order valence-corrected chi connectivity index (χ4v) is 0.351. The summed E-state index contributed by atoms with van der Waals surface area (Å²) in [7, 11) is 0. The zero-order chi connectivity index (χ0) is 5.86. The standard InChI is InChI=1S/C5H8O2.Ce.H2O/c1-4(6)3-5(2)7;;/h3H2,1-2H3;;1H2. The minimum Gasteiger partial charge on any atom is -0.412 e. The molecule has 0 rings (SSSR count). The number of carbonyl (C=O) groups is 2. The van der Waals surface area contributed by atoms with Crippen molar-refractivity contribution >= 4 is 11.6 Å². The van der Waals surface area contributed by atoms with Gasteiger partial charge in [-0.25, -0.2) is 0 Å². The second-order valence-electron chi connectivity index (χ2n) is 1.58. The summed E-state index contributed by atoms with van der Waals surface area (Å²) in [5.74, 6) is -0.125. The molecule has 9 heavy (non-hydrogen) atoms. The van der Waals surface area contributed by atoms with Gasteiger partial charge in [-0.05, 0) is 13.8 Å². The summed E-state index contributed by atoms with van der Waals surface area (Å²) in [4.78, 5) is 20.1. The Morgan fingerprint density at radius 2 is 1.33 bits per heavy atom. The van der Waals surface area contributed by atoms with Gasteiger partial charge < -0.3 is 5.48 Å². The summed E-state index contributed by atoms with van der Waals surface area (Å²) in [5, 5.41) is 0. The van der Waals surface area contributed by atoms with E-state index in [4.69, 9.17) is 0 Å². The molecule has 0 heterocycles. The first kappa shape index (κ1) is 16.3. The summed E-state index contributed by atoms with van der Waals surface area (Å²) in [6.07, 6.45) is 0.0833. The predicted octanol–water partition coefficient (Wildman–Crippen LogP) is -0.270. The Morgan fingerprint density at radius 1 is 1.11 bits per heavy atom. The number of hydrogen-bond acceptors (Lipinski definition) is 2. The van der Waals surface area contributed by atoms with Crippen molar-refractivity contribution in [3.05, 3.63) is 0 Å². The minimum absolute atomic E-state index is 0. The van der Waals surface area contributed by atoms with Crippen LogP contribution in [0.15, 0.2) is 0 Å². The first-order valence-electron chi connectivity index (χ1n) is 2.12. The molecule has 0 bridgehead atoms. The molecular formula is C5H10CeO3. The molecule has 52 valence electrons. The van der Waals surface area contributed by atoms with Gasteiger partial charge in [-0.15, -0.1) is 0 Å². The van der Waals surface area contributed by atoms with Crippen LogP contribution in [0.5, 0.6) is 0 Å². The largest absolute Gasteiger partial charge is 0.412 e.